The number of hydrogen-bond acceptors (Lipinski definition) is 4. The zero-order valence-electron chi connectivity index (χ0n) is 17.5. The molecule has 0 heterocycles. The summed E-state index contributed by atoms with van der Waals surface area (Å²) < 4.78 is 32.8. The first-order valence-corrected chi connectivity index (χ1v) is 11.6. The number of ether oxygens (including phenoxy) is 1. The fourth-order valence-corrected chi connectivity index (χ4v) is 4.13. The number of thiocarbonyl (C=S) groups is 1. The third-order valence-corrected chi connectivity index (χ3v) is 6.20. The minimum Gasteiger partial charge on any atom is -0.497 e. The van der Waals surface area contributed by atoms with E-state index in [2.05, 4.69) is 41.3 Å². The highest BCUT2D eigenvalue weighted by atomic mass is 32.2. The lowest BCUT2D eigenvalue weighted by Crippen LogP contribution is -2.19. The predicted octanol–water partition coefficient (Wildman–Crippen LogP) is 5.43. The minimum absolute atomic E-state index is 0.150. The molecule has 3 rings (SSSR count). The lowest BCUT2D eigenvalue weighted by atomic mass is 10.0. The summed E-state index contributed by atoms with van der Waals surface area (Å²) in [5.41, 5.74) is 3.27. The Balaban J connectivity index is 1.61. The number of hydrogen-bond donors (Lipinski definition) is 3. The van der Waals surface area contributed by atoms with Gasteiger partial charge in [-0.2, -0.15) is 0 Å². The van der Waals surface area contributed by atoms with E-state index >= 15 is 0 Å². The molecule has 3 aromatic carbocycles. The Hall–Kier alpha value is -3.10. The van der Waals surface area contributed by atoms with E-state index in [1.807, 2.05) is 12.1 Å². The van der Waals surface area contributed by atoms with Gasteiger partial charge >= 0.3 is 0 Å². The highest BCUT2D eigenvalue weighted by molar-refractivity contribution is 7.92. The van der Waals surface area contributed by atoms with Crippen LogP contribution < -0.4 is 20.1 Å². The highest BCUT2D eigenvalue weighted by Gasteiger charge is 2.14. The van der Waals surface area contributed by atoms with Crippen LogP contribution in [0, 0.1) is 0 Å². The Labute approximate surface area is 188 Å². The van der Waals surface area contributed by atoms with Gasteiger partial charge in [0.1, 0.15) is 5.75 Å². The van der Waals surface area contributed by atoms with Crippen molar-refractivity contribution in [3.05, 3.63) is 78.4 Å². The lowest BCUT2D eigenvalue weighted by molar-refractivity contribution is 0.415. The van der Waals surface area contributed by atoms with Gasteiger partial charge in [-0.3, -0.25) is 4.72 Å². The Bertz CT molecular complexity index is 1130. The van der Waals surface area contributed by atoms with Gasteiger partial charge in [0.2, 0.25) is 0 Å². The molecule has 0 spiro atoms. The topological polar surface area (TPSA) is 79.5 Å². The van der Waals surface area contributed by atoms with Crippen LogP contribution >= 0.6 is 12.2 Å². The van der Waals surface area contributed by atoms with Crippen molar-refractivity contribution in [3.8, 4) is 5.75 Å². The second-order valence-corrected chi connectivity index (χ2v) is 9.30. The molecule has 162 valence electrons. The van der Waals surface area contributed by atoms with Crippen LogP contribution in [0.5, 0.6) is 5.75 Å². The molecular formula is C23H25N3O3S2. The molecule has 0 atom stereocenters. The number of benzene rings is 3. The molecule has 0 aliphatic heterocycles. The van der Waals surface area contributed by atoms with Crippen LogP contribution in [0.25, 0.3) is 0 Å². The summed E-state index contributed by atoms with van der Waals surface area (Å²) in [5, 5.41) is 6.60. The third kappa shape index (κ3) is 6.19. The fraction of sp³-hybridized carbons (Fsp3) is 0.174. The van der Waals surface area contributed by atoms with Crippen molar-refractivity contribution < 1.29 is 13.2 Å². The molecule has 0 amide bonds. The second-order valence-electron chi connectivity index (χ2n) is 7.21. The summed E-state index contributed by atoms with van der Waals surface area (Å²) in [6.07, 6.45) is 0. The largest absolute Gasteiger partial charge is 0.497 e. The monoisotopic (exact) mass is 455 g/mol. The summed E-state index contributed by atoms with van der Waals surface area (Å²) >= 11 is 5.35. The van der Waals surface area contributed by atoms with Crippen molar-refractivity contribution in [3.63, 3.8) is 0 Å². The van der Waals surface area contributed by atoms with Crippen LogP contribution in [0.15, 0.2) is 77.7 Å². The molecule has 3 N–H and O–H groups in total. The summed E-state index contributed by atoms with van der Waals surface area (Å²) in [6, 6.07) is 21.1. The van der Waals surface area contributed by atoms with Crippen LogP contribution in [-0.4, -0.2) is 20.6 Å². The number of rotatable bonds is 7. The average molecular weight is 456 g/mol. The minimum atomic E-state index is -3.70. The summed E-state index contributed by atoms with van der Waals surface area (Å²) in [5.74, 6) is 1.12. The van der Waals surface area contributed by atoms with E-state index in [-0.39, 0.29) is 4.90 Å². The van der Waals surface area contributed by atoms with Crippen LogP contribution in [0.1, 0.15) is 25.3 Å². The Morgan fingerprint density at radius 2 is 1.29 bits per heavy atom. The van der Waals surface area contributed by atoms with E-state index in [4.69, 9.17) is 17.0 Å². The van der Waals surface area contributed by atoms with Crippen molar-refractivity contribution in [2.75, 3.05) is 22.5 Å². The maximum Gasteiger partial charge on any atom is 0.261 e. The van der Waals surface area contributed by atoms with Crippen molar-refractivity contribution >= 4 is 44.4 Å². The Kier molecular flexibility index (Phi) is 7.14. The maximum absolute atomic E-state index is 12.6. The van der Waals surface area contributed by atoms with E-state index in [0.29, 0.717) is 28.2 Å². The van der Waals surface area contributed by atoms with E-state index in [1.54, 1.807) is 43.5 Å². The quantitative estimate of drug-likeness (QED) is 0.412. The normalized spacial score (nSPS) is 11.1. The van der Waals surface area contributed by atoms with Crippen LogP contribution in [0.3, 0.4) is 0 Å². The van der Waals surface area contributed by atoms with E-state index < -0.39 is 10.0 Å². The van der Waals surface area contributed by atoms with Gasteiger partial charge in [0.15, 0.2) is 5.11 Å². The van der Waals surface area contributed by atoms with Crippen molar-refractivity contribution in [1.29, 1.82) is 0 Å². The number of anilines is 3. The SMILES string of the molecule is COc1ccc(NS(=O)(=O)c2ccc(NC(=S)Nc3ccc(C(C)C)cc3)cc2)cc1. The van der Waals surface area contributed by atoms with E-state index in [9.17, 15) is 8.42 Å². The van der Waals surface area contributed by atoms with E-state index in [1.165, 1.54) is 17.7 Å². The van der Waals surface area contributed by atoms with Gasteiger partial charge < -0.3 is 15.4 Å². The van der Waals surface area contributed by atoms with Gasteiger partial charge in [0, 0.05) is 17.1 Å². The van der Waals surface area contributed by atoms with Crippen molar-refractivity contribution in [2.24, 2.45) is 0 Å². The average Bonchev–Trinajstić information content (AvgIpc) is 2.74. The smallest absolute Gasteiger partial charge is 0.261 e. The van der Waals surface area contributed by atoms with Crippen LogP contribution in [-0.2, 0) is 10.0 Å². The maximum atomic E-state index is 12.6. The molecule has 0 unspecified atom stereocenters. The third-order valence-electron chi connectivity index (χ3n) is 4.60. The molecular weight excluding hydrogens is 430 g/mol. The number of sulfonamides is 1. The van der Waals surface area contributed by atoms with Gasteiger partial charge in [-0.1, -0.05) is 26.0 Å². The van der Waals surface area contributed by atoms with Gasteiger partial charge in [0.25, 0.3) is 10.0 Å². The first-order chi connectivity index (χ1) is 14.8. The standard InChI is InChI=1S/C23H25N3O3S2/c1-16(2)17-4-6-18(7-5-17)24-23(30)25-19-10-14-22(15-11-19)31(27,28)26-20-8-12-21(29-3)13-9-20/h4-16,26H,1-3H3,(H2,24,25,30). The molecule has 0 fully saturated rings. The van der Waals surface area contributed by atoms with E-state index in [0.717, 1.165) is 5.69 Å². The Morgan fingerprint density at radius 3 is 1.77 bits per heavy atom. The predicted molar refractivity (Wildman–Crippen MR) is 131 cm³/mol. The zero-order chi connectivity index (χ0) is 22.4. The lowest BCUT2D eigenvalue weighted by Gasteiger charge is -2.13. The molecule has 0 aromatic heterocycles. The molecule has 0 aliphatic carbocycles. The fourth-order valence-electron chi connectivity index (χ4n) is 2.84. The molecule has 3 aromatic rings. The van der Waals surface area contributed by atoms with Crippen molar-refractivity contribution in [1.82, 2.24) is 0 Å². The molecule has 31 heavy (non-hydrogen) atoms. The van der Waals surface area contributed by atoms with Crippen LogP contribution in [0.2, 0.25) is 0 Å². The molecule has 6 nitrogen and oxygen atoms in total. The molecule has 0 saturated heterocycles. The number of nitrogens with one attached hydrogen (secondary N) is 3. The van der Waals surface area contributed by atoms with Crippen LogP contribution in [0.4, 0.5) is 17.1 Å². The van der Waals surface area contributed by atoms with Gasteiger partial charge in [0.05, 0.1) is 12.0 Å². The Morgan fingerprint density at radius 1 is 0.806 bits per heavy atom. The van der Waals surface area contributed by atoms with Gasteiger partial charge in [-0.15, -0.1) is 0 Å². The molecule has 0 saturated carbocycles. The molecule has 8 heteroatoms. The molecule has 0 radical (unpaired) electrons. The molecule has 0 aliphatic rings. The number of methoxy groups -OCH3 is 1. The summed E-state index contributed by atoms with van der Waals surface area (Å²) in [6.45, 7) is 4.29. The summed E-state index contributed by atoms with van der Waals surface area (Å²) in [7, 11) is -2.15. The first kappa shape index (κ1) is 22.6. The van der Waals surface area contributed by atoms with Gasteiger partial charge in [-0.25, -0.2) is 8.42 Å². The second kappa shape index (κ2) is 9.80. The molecule has 0 bridgehead atoms. The zero-order valence-corrected chi connectivity index (χ0v) is 19.2. The van der Waals surface area contributed by atoms with Crippen molar-refractivity contribution in [2.45, 2.75) is 24.7 Å². The van der Waals surface area contributed by atoms with Gasteiger partial charge in [-0.05, 0) is 84.4 Å². The first-order valence-electron chi connectivity index (χ1n) is 9.72. The summed E-state index contributed by atoms with van der Waals surface area (Å²) in [4.78, 5) is 0.150. The highest BCUT2D eigenvalue weighted by Crippen LogP contribution is 2.21.